The lowest BCUT2D eigenvalue weighted by Crippen LogP contribution is -2.42. The molecular formula is C18H23F3N2O3. The maximum Gasteiger partial charge on any atom is 0.416 e. The highest BCUT2D eigenvalue weighted by molar-refractivity contribution is 5.79. The van der Waals surface area contributed by atoms with Crippen molar-refractivity contribution < 1.29 is 27.5 Å². The van der Waals surface area contributed by atoms with Gasteiger partial charge in [-0.1, -0.05) is 19.1 Å². The second kappa shape index (κ2) is 9.02. The summed E-state index contributed by atoms with van der Waals surface area (Å²) in [6.07, 6.45) is -4.00. The molecule has 1 aromatic rings. The van der Waals surface area contributed by atoms with Gasteiger partial charge in [0.2, 0.25) is 11.8 Å². The zero-order chi connectivity index (χ0) is 19.2. The fourth-order valence-corrected chi connectivity index (χ4v) is 2.75. The Kier molecular flexibility index (Phi) is 7.02. The van der Waals surface area contributed by atoms with Crippen LogP contribution in [0.4, 0.5) is 13.2 Å². The lowest BCUT2D eigenvalue weighted by Gasteiger charge is -2.26. The van der Waals surface area contributed by atoms with Crippen LogP contribution in [-0.2, 0) is 20.5 Å². The van der Waals surface area contributed by atoms with Crippen molar-refractivity contribution in [3.63, 3.8) is 0 Å². The number of nitrogens with zero attached hydrogens (tertiary/aromatic N) is 1. The van der Waals surface area contributed by atoms with Crippen molar-refractivity contribution in [2.45, 2.75) is 31.9 Å². The summed E-state index contributed by atoms with van der Waals surface area (Å²) in [5, 5.41) is 2.69. The summed E-state index contributed by atoms with van der Waals surface area (Å²) in [4.78, 5) is 25.6. The maximum absolute atomic E-state index is 12.6. The van der Waals surface area contributed by atoms with Crippen LogP contribution in [0.15, 0.2) is 24.3 Å². The van der Waals surface area contributed by atoms with Crippen LogP contribution in [-0.4, -0.2) is 49.6 Å². The lowest BCUT2D eigenvalue weighted by atomic mass is 9.96. The predicted molar refractivity (Wildman–Crippen MR) is 89.5 cm³/mol. The number of hydrogen-bond acceptors (Lipinski definition) is 3. The molecule has 1 aliphatic heterocycles. The van der Waals surface area contributed by atoms with Gasteiger partial charge >= 0.3 is 6.18 Å². The Balaban J connectivity index is 1.73. The molecule has 1 fully saturated rings. The predicted octanol–water partition coefficient (Wildman–Crippen LogP) is 2.56. The van der Waals surface area contributed by atoms with E-state index in [9.17, 15) is 22.8 Å². The van der Waals surface area contributed by atoms with Crippen LogP contribution in [0.25, 0.3) is 0 Å². The van der Waals surface area contributed by atoms with Gasteiger partial charge in [0.15, 0.2) is 0 Å². The molecule has 0 aromatic heterocycles. The third-order valence-electron chi connectivity index (χ3n) is 4.32. The molecule has 1 aliphatic rings. The summed E-state index contributed by atoms with van der Waals surface area (Å²) in [5.41, 5.74) is -0.0444. The molecule has 5 nitrogen and oxygen atoms in total. The highest BCUT2D eigenvalue weighted by Crippen LogP contribution is 2.30. The van der Waals surface area contributed by atoms with Crippen LogP contribution in [0, 0.1) is 0 Å². The number of morpholine rings is 1. The Hall–Kier alpha value is -2.09. The maximum atomic E-state index is 12.6. The van der Waals surface area contributed by atoms with Gasteiger partial charge in [-0.05, 0) is 23.6 Å². The Labute approximate surface area is 150 Å². The van der Waals surface area contributed by atoms with Crippen molar-refractivity contribution in [1.82, 2.24) is 10.2 Å². The molecule has 1 heterocycles. The fraction of sp³-hybridized carbons (Fsp3) is 0.556. The molecule has 0 saturated carbocycles. The molecule has 0 spiro atoms. The summed E-state index contributed by atoms with van der Waals surface area (Å²) < 4.78 is 42.9. The molecule has 1 N–H and O–H groups in total. The van der Waals surface area contributed by atoms with Crippen LogP contribution in [0.1, 0.15) is 36.8 Å². The summed E-state index contributed by atoms with van der Waals surface area (Å²) in [7, 11) is 0. The van der Waals surface area contributed by atoms with E-state index in [1.54, 1.807) is 11.8 Å². The fourth-order valence-electron chi connectivity index (χ4n) is 2.75. The van der Waals surface area contributed by atoms with E-state index < -0.39 is 11.7 Å². The molecule has 0 aliphatic carbocycles. The summed E-state index contributed by atoms with van der Waals surface area (Å²) in [6.45, 7) is 4.22. The molecule has 1 atom stereocenters. The van der Waals surface area contributed by atoms with E-state index in [-0.39, 0.29) is 37.1 Å². The Morgan fingerprint density at radius 1 is 1.19 bits per heavy atom. The minimum atomic E-state index is -4.37. The minimum Gasteiger partial charge on any atom is -0.378 e. The van der Waals surface area contributed by atoms with E-state index in [2.05, 4.69) is 5.32 Å². The first-order valence-electron chi connectivity index (χ1n) is 8.56. The summed E-state index contributed by atoms with van der Waals surface area (Å²) >= 11 is 0. The van der Waals surface area contributed by atoms with E-state index in [0.717, 1.165) is 12.1 Å². The van der Waals surface area contributed by atoms with Gasteiger partial charge in [-0.15, -0.1) is 0 Å². The second-order valence-electron chi connectivity index (χ2n) is 6.32. The number of nitrogens with one attached hydrogen (secondary N) is 1. The number of carbonyl (C=O) groups excluding carboxylic acids is 2. The molecule has 1 saturated heterocycles. The third kappa shape index (κ3) is 6.01. The molecule has 0 unspecified atom stereocenters. The van der Waals surface area contributed by atoms with Gasteiger partial charge < -0.3 is 15.0 Å². The van der Waals surface area contributed by atoms with Crippen molar-refractivity contribution in [1.29, 1.82) is 0 Å². The van der Waals surface area contributed by atoms with Crippen LogP contribution >= 0.6 is 0 Å². The zero-order valence-corrected chi connectivity index (χ0v) is 14.6. The molecule has 0 radical (unpaired) electrons. The number of hydrogen-bond donors (Lipinski definition) is 1. The van der Waals surface area contributed by atoms with E-state index in [0.29, 0.717) is 31.9 Å². The van der Waals surface area contributed by atoms with Crippen LogP contribution < -0.4 is 5.32 Å². The molecular weight excluding hydrogens is 349 g/mol. The van der Waals surface area contributed by atoms with Crippen LogP contribution in [0.5, 0.6) is 0 Å². The van der Waals surface area contributed by atoms with E-state index in [1.807, 2.05) is 0 Å². The first-order chi connectivity index (χ1) is 12.3. The largest absolute Gasteiger partial charge is 0.416 e. The minimum absolute atomic E-state index is 0.0237. The highest BCUT2D eigenvalue weighted by Gasteiger charge is 2.30. The van der Waals surface area contributed by atoms with Crippen molar-refractivity contribution >= 4 is 11.8 Å². The SMILES string of the molecule is C[C@@H](CC(=O)NCCC(=O)N1CCOCC1)c1ccc(C(F)(F)F)cc1. The lowest BCUT2D eigenvalue weighted by molar-refractivity contribution is -0.137. The third-order valence-corrected chi connectivity index (χ3v) is 4.32. The summed E-state index contributed by atoms with van der Waals surface area (Å²) in [6, 6.07) is 4.82. The summed E-state index contributed by atoms with van der Waals surface area (Å²) in [5.74, 6) is -0.469. The number of amides is 2. The average Bonchev–Trinajstić information content (AvgIpc) is 2.61. The first kappa shape index (κ1) is 20.2. The smallest absolute Gasteiger partial charge is 0.378 e. The Morgan fingerprint density at radius 2 is 1.81 bits per heavy atom. The number of benzene rings is 1. The van der Waals surface area contributed by atoms with Gasteiger partial charge in [0, 0.05) is 32.5 Å². The standard InChI is InChI=1S/C18H23F3N2O3/c1-13(14-2-4-15(5-3-14)18(19,20)21)12-16(24)22-7-6-17(25)23-8-10-26-11-9-23/h2-5,13H,6-12H2,1H3,(H,22,24)/t13-/m0/s1. The number of carbonyl (C=O) groups is 2. The quantitative estimate of drug-likeness (QED) is 0.835. The average molecular weight is 372 g/mol. The molecule has 26 heavy (non-hydrogen) atoms. The Bertz CT molecular complexity index is 611. The molecule has 0 bridgehead atoms. The van der Waals surface area contributed by atoms with Gasteiger partial charge in [0.05, 0.1) is 18.8 Å². The molecule has 144 valence electrons. The number of ether oxygens (including phenoxy) is 1. The van der Waals surface area contributed by atoms with Gasteiger partial charge in [0.1, 0.15) is 0 Å². The van der Waals surface area contributed by atoms with Crippen LogP contribution in [0.3, 0.4) is 0 Å². The van der Waals surface area contributed by atoms with Gasteiger partial charge in [-0.2, -0.15) is 13.2 Å². The van der Waals surface area contributed by atoms with Crippen molar-refractivity contribution in [3.05, 3.63) is 35.4 Å². The van der Waals surface area contributed by atoms with Crippen molar-refractivity contribution in [2.75, 3.05) is 32.8 Å². The highest BCUT2D eigenvalue weighted by atomic mass is 19.4. The first-order valence-corrected chi connectivity index (χ1v) is 8.56. The van der Waals surface area contributed by atoms with Crippen molar-refractivity contribution in [3.8, 4) is 0 Å². The second-order valence-corrected chi connectivity index (χ2v) is 6.32. The molecule has 2 amide bonds. The van der Waals surface area contributed by atoms with Crippen LogP contribution in [0.2, 0.25) is 0 Å². The Morgan fingerprint density at radius 3 is 2.38 bits per heavy atom. The molecule has 2 rings (SSSR count). The number of rotatable bonds is 6. The number of halogens is 3. The van der Waals surface area contributed by atoms with Gasteiger partial charge in [0.25, 0.3) is 0 Å². The van der Waals surface area contributed by atoms with E-state index in [4.69, 9.17) is 4.74 Å². The number of alkyl halides is 3. The molecule has 1 aromatic carbocycles. The molecule has 8 heteroatoms. The topological polar surface area (TPSA) is 58.6 Å². The van der Waals surface area contributed by atoms with Gasteiger partial charge in [-0.3, -0.25) is 9.59 Å². The van der Waals surface area contributed by atoms with Gasteiger partial charge in [-0.25, -0.2) is 0 Å². The monoisotopic (exact) mass is 372 g/mol. The normalized spacial score (nSPS) is 16.2. The van der Waals surface area contributed by atoms with Crippen molar-refractivity contribution in [2.24, 2.45) is 0 Å². The van der Waals surface area contributed by atoms with E-state index >= 15 is 0 Å². The zero-order valence-electron chi connectivity index (χ0n) is 14.6. The van der Waals surface area contributed by atoms with E-state index in [1.165, 1.54) is 12.1 Å².